The lowest BCUT2D eigenvalue weighted by Crippen LogP contribution is -2.19. The monoisotopic (exact) mass is 129 g/mol. The van der Waals surface area contributed by atoms with E-state index >= 15 is 0 Å². The van der Waals surface area contributed by atoms with Crippen molar-refractivity contribution in [2.75, 3.05) is 19.8 Å². The molecule has 1 fully saturated rings. The second kappa shape index (κ2) is 3.85. The highest BCUT2D eigenvalue weighted by molar-refractivity contribution is 4.62. The third-order valence-electron chi connectivity index (χ3n) is 1.83. The molecule has 1 saturated heterocycles. The minimum absolute atomic E-state index is 0.753. The Balaban J connectivity index is 2.08. The fourth-order valence-corrected chi connectivity index (χ4v) is 1.27. The van der Waals surface area contributed by atoms with Gasteiger partial charge in [0.1, 0.15) is 0 Å². The van der Waals surface area contributed by atoms with Gasteiger partial charge in [-0.3, -0.25) is 0 Å². The molecule has 0 unspecified atom stereocenters. The Kier molecular flexibility index (Phi) is 3.01. The second-order valence-electron chi connectivity index (χ2n) is 2.66. The zero-order chi connectivity index (χ0) is 6.53. The third-order valence-corrected chi connectivity index (χ3v) is 1.83. The van der Waals surface area contributed by atoms with Crippen LogP contribution < -0.4 is 5.73 Å². The number of hydrogen-bond acceptors (Lipinski definition) is 2. The molecular weight excluding hydrogens is 114 g/mol. The van der Waals surface area contributed by atoms with E-state index in [0.717, 1.165) is 32.1 Å². The average Bonchev–Trinajstić information content (AvgIpc) is 1.91. The van der Waals surface area contributed by atoms with Crippen LogP contribution in [0.3, 0.4) is 0 Å². The molecule has 0 amide bonds. The molecule has 9 heavy (non-hydrogen) atoms. The van der Waals surface area contributed by atoms with E-state index in [9.17, 15) is 0 Å². The molecule has 0 saturated carbocycles. The normalized spacial score (nSPS) is 28.3. The van der Waals surface area contributed by atoms with Gasteiger partial charge >= 0.3 is 0 Å². The zero-order valence-corrected chi connectivity index (χ0v) is 5.81. The lowest BCUT2D eigenvalue weighted by atomic mass is 9.99. The quantitative estimate of drug-likeness (QED) is 0.597. The molecule has 1 heterocycles. The first-order valence-electron chi connectivity index (χ1n) is 3.71. The standard InChI is InChI=1S/C7H15NO/c8-4-3-7-2-1-5-9-6-7/h7H,1-6,8H2/t7-/m1/s1. The van der Waals surface area contributed by atoms with E-state index in [-0.39, 0.29) is 0 Å². The molecule has 0 spiro atoms. The molecule has 0 aliphatic carbocycles. The predicted octanol–water partition coefficient (Wildman–Crippen LogP) is 0.762. The van der Waals surface area contributed by atoms with Gasteiger partial charge in [-0.25, -0.2) is 0 Å². The van der Waals surface area contributed by atoms with Gasteiger partial charge in [0, 0.05) is 13.2 Å². The van der Waals surface area contributed by atoms with Crippen LogP contribution in [0.15, 0.2) is 0 Å². The van der Waals surface area contributed by atoms with Crippen molar-refractivity contribution in [3.05, 3.63) is 0 Å². The second-order valence-corrected chi connectivity index (χ2v) is 2.66. The van der Waals surface area contributed by atoms with Crippen molar-refractivity contribution in [1.29, 1.82) is 0 Å². The SMILES string of the molecule is NCC[C@H]1CCCOC1. The van der Waals surface area contributed by atoms with Gasteiger partial charge in [-0.05, 0) is 31.7 Å². The Morgan fingerprint density at radius 1 is 1.56 bits per heavy atom. The molecule has 54 valence electrons. The molecule has 1 aliphatic heterocycles. The minimum Gasteiger partial charge on any atom is -0.381 e. The van der Waals surface area contributed by atoms with Crippen LogP contribution in [0.1, 0.15) is 19.3 Å². The van der Waals surface area contributed by atoms with Gasteiger partial charge in [0.2, 0.25) is 0 Å². The Morgan fingerprint density at radius 2 is 2.44 bits per heavy atom. The molecule has 2 N–H and O–H groups in total. The highest BCUT2D eigenvalue weighted by atomic mass is 16.5. The van der Waals surface area contributed by atoms with Gasteiger partial charge < -0.3 is 10.5 Å². The van der Waals surface area contributed by atoms with E-state index in [2.05, 4.69) is 0 Å². The summed E-state index contributed by atoms with van der Waals surface area (Å²) in [5, 5.41) is 0. The summed E-state index contributed by atoms with van der Waals surface area (Å²) < 4.78 is 5.28. The van der Waals surface area contributed by atoms with Crippen LogP contribution in [0.5, 0.6) is 0 Å². The number of ether oxygens (including phenoxy) is 1. The molecule has 2 heteroatoms. The minimum atomic E-state index is 0.753. The maximum atomic E-state index is 5.40. The Hall–Kier alpha value is -0.0800. The Labute approximate surface area is 56.4 Å². The number of rotatable bonds is 2. The van der Waals surface area contributed by atoms with Crippen LogP contribution in [0.25, 0.3) is 0 Å². The van der Waals surface area contributed by atoms with Gasteiger partial charge in [0.05, 0.1) is 0 Å². The van der Waals surface area contributed by atoms with Gasteiger partial charge in [-0.2, -0.15) is 0 Å². The van der Waals surface area contributed by atoms with Gasteiger partial charge in [-0.1, -0.05) is 0 Å². The van der Waals surface area contributed by atoms with Gasteiger partial charge in [0.15, 0.2) is 0 Å². The summed E-state index contributed by atoms with van der Waals surface area (Å²) in [6, 6.07) is 0. The van der Waals surface area contributed by atoms with Crippen molar-refractivity contribution >= 4 is 0 Å². The summed E-state index contributed by atoms with van der Waals surface area (Å²) in [6.45, 7) is 2.71. The van der Waals surface area contributed by atoms with Crippen LogP contribution in [-0.4, -0.2) is 19.8 Å². The summed E-state index contributed by atoms with van der Waals surface area (Å²) in [5.41, 5.74) is 5.40. The van der Waals surface area contributed by atoms with Gasteiger partial charge in [0.25, 0.3) is 0 Å². The molecule has 0 bridgehead atoms. The highest BCUT2D eigenvalue weighted by Gasteiger charge is 2.11. The molecule has 1 rings (SSSR count). The number of hydrogen-bond donors (Lipinski definition) is 1. The maximum absolute atomic E-state index is 5.40. The first kappa shape index (κ1) is 7.03. The summed E-state index contributed by atoms with van der Waals surface area (Å²) in [7, 11) is 0. The lowest BCUT2D eigenvalue weighted by Gasteiger charge is -2.20. The van der Waals surface area contributed by atoms with Gasteiger partial charge in [-0.15, -0.1) is 0 Å². The van der Waals surface area contributed by atoms with Crippen molar-refractivity contribution < 1.29 is 4.74 Å². The van der Waals surface area contributed by atoms with Crippen molar-refractivity contribution in [1.82, 2.24) is 0 Å². The first-order valence-corrected chi connectivity index (χ1v) is 3.71. The van der Waals surface area contributed by atoms with Crippen LogP contribution >= 0.6 is 0 Å². The molecular formula is C7H15NO. The topological polar surface area (TPSA) is 35.2 Å². The molecule has 0 aromatic rings. The van der Waals surface area contributed by atoms with E-state index in [1.807, 2.05) is 0 Å². The van der Waals surface area contributed by atoms with E-state index < -0.39 is 0 Å². The molecule has 0 radical (unpaired) electrons. The van der Waals surface area contributed by atoms with Crippen molar-refractivity contribution in [2.24, 2.45) is 11.7 Å². The van der Waals surface area contributed by atoms with E-state index in [1.54, 1.807) is 0 Å². The summed E-state index contributed by atoms with van der Waals surface area (Å²) >= 11 is 0. The number of nitrogens with two attached hydrogens (primary N) is 1. The third kappa shape index (κ3) is 2.33. The van der Waals surface area contributed by atoms with Crippen LogP contribution in [0.4, 0.5) is 0 Å². The zero-order valence-electron chi connectivity index (χ0n) is 5.81. The fourth-order valence-electron chi connectivity index (χ4n) is 1.27. The Morgan fingerprint density at radius 3 is 3.00 bits per heavy atom. The summed E-state index contributed by atoms with van der Waals surface area (Å²) in [4.78, 5) is 0. The largest absolute Gasteiger partial charge is 0.381 e. The smallest absolute Gasteiger partial charge is 0.0494 e. The van der Waals surface area contributed by atoms with E-state index in [0.29, 0.717) is 0 Å². The van der Waals surface area contributed by atoms with Crippen LogP contribution in [-0.2, 0) is 4.74 Å². The van der Waals surface area contributed by atoms with Crippen LogP contribution in [0.2, 0.25) is 0 Å². The average molecular weight is 129 g/mol. The molecule has 1 aliphatic rings. The Bertz CT molecular complexity index is 66.6. The highest BCUT2D eigenvalue weighted by Crippen LogP contribution is 2.15. The molecule has 2 nitrogen and oxygen atoms in total. The predicted molar refractivity (Wildman–Crippen MR) is 37.2 cm³/mol. The van der Waals surface area contributed by atoms with Crippen molar-refractivity contribution in [3.8, 4) is 0 Å². The van der Waals surface area contributed by atoms with Crippen LogP contribution in [0, 0.1) is 5.92 Å². The summed E-state index contributed by atoms with van der Waals surface area (Å²) in [6.07, 6.45) is 3.68. The lowest BCUT2D eigenvalue weighted by molar-refractivity contribution is 0.0526. The van der Waals surface area contributed by atoms with E-state index in [1.165, 1.54) is 12.8 Å². The molecule has 1 atom stereocenters. The van der Waals surface area contributed by atoms with Crippen molar-refractivity contribution in [3.63, 3.8) is 0 Å². The maximum Gasteiger partial charge on any atom is 0.0494 e. The van der Waals surface area contributed by atoms with Crippen molar-refractivity contribution in [2.45, 2.75) is 19.3 Å². The molecule has 0 aromatic heterocycles. The van der Waals surface area contributed by atoms with E-state index in [4.69, 9.17) is 10.5 Å². The fraction of sp³-hybridized carbons (Fsp3) is 1.00. The first-order chi connectivity index (χ1) is 4.43. The summed E-state index contributed by atoms with van der Waals surface area (Å²) in [5.74, 6) is 0.753. The molecule has 0 aromatic carbocycles.